The van der Waals surface area contributed by atoms with Crippen LogP contribution in [0.5, 0.6) is 0 Å². The molecule has 0 bridgehead atoms. The Morgan fingerprint density at radius 2 is 1.96 bits per heavy atom. The van der Waals surface area contributed by atoms with E-state index in [0.29, 0.717) is 13.0 Å². The molecular weight excluding hydrogens is 396 g/mol. The predicted octanol–water partition coefficient (Wildman–Crippen LogP) is 3.27. The van der Waals surface area contributed by atoms with Crippen molar-refractivity contribution in [3.05, 3.63) is 24.3 Å². The van der Waals surface area contributed by atoms with E-state index in [9.17, 15) is 13.2 Å². The summed E-state index contributed by atoms with van der Waals surface area (Å²) in [6.45, 7) is 17.2. The Kier molecular flexibility index (Phi) is 8.49. The minimum absolute atomic E-state index is 0.0730. The zero-order valence-electron chi connectivity index (χ0n) is 18.2. The molecule has 1 rings (SSSR count). The molecule has 0 aromatic heterocycles. The van der Waals surface area contributed by atoms with Gasteiger partial charge in [-0.25, -0.2) is 17.9 Å². The molecule has 1 fully saturated rings. The Labute approximate surface area is 171 Å². The van der Waals surface area contributed by atoms with Crippen molar-refractivity contribution < 1.29 is 22.4 Å². The molecule has 0 aromatic carbocycles. The molecule has 9 heteroatoms. The molecule has 1 amide bonds. The second-order valence-corrected chi connectivity index (χ2v) is 15.4. The smallest absolute Gasteiger partial charge is 0.410 e. The van der Waals surface area contributed by atoms with Crippen molar-refractivity contribution in [2.45, 2.75) is 64.4 Å². The van der Waals surface area contributed by atoms with Gasteiger partial charge in [0.05, 0.1) is 18.4 Å². The van der Waals surface area contributed by atoms with E-state index < -0.39 is 24.4 Å². The van der Waals surface area contributed by atoms with Crippen LogP contribution < -0.4 is 4.72 Å². The molecule has 1 aliphatic heterocycles. The Balaban J connectivity index is 2.97. The van der Waals surface area contributed by atoms with Crippen molar-refractivity contribution >= 4 is 24.4 Å². The fourth-order valence-electron chi connectivity index (χ4n) is 2.81. The number of nitrogens with one attached hydrogen (secondary N) is 1. The highest BCUT2D eigenvalue weighted by Crippen LogP contribution is 2.39. The fraction of sp³-hybridized carbons (Fsp3) is 0.737. The third-order valence-electron chi connectivity index (χ3n) is 5.38. The van der Waals surface area contributed by atoms with Gasteiger partial charge in [-0.05, 0) is 31.5 Å². The molecule has 1 heterocycles. The third-order valence-corrected chi connectivity index (χ3v) is 10.6. The Morgan fingerprint density at radius 1 is 1.36 bits per heavy atom. The molecule has 0 aromatic rings. The molecule has 0 spiro atoms. The third kappa shape index (κ3) is 7.34. The van der Waals surface area contributed by atoms with E-state index in [1.165, 1.54) is 6.08 Å². The van der Waals surface area contributed by atoms with E-state index >= 15 is 0 Å². The lowest BCUT2D eigenvalue weighted by atomic mass is 10.1. The van der Waals surface area contributed by atoms with Gasteiger partial charge in [0, 0.05) is 13.1 Å². The zero-order valence-corrected chi connectivity index (χ0v) is 20.1. The number of nitrogens with zero attached hydrogens (tertiary/aromatic N) is 1. The number of likely N-dealkylation sites (tertiary alicyclic amines) is 1. The molecule has 0 aliphatic carbocycles. The number of sulfonamides is 1. The van der Waals surface area contributed by atoms with E-state index in [2.05, 4.69) is 45.2 Å². The van der Waals surface area contributed by atoms with Crippen LogP contribution in [0, 0.1) is 0 Å². The second kappa shape index (κ2) is 9.56. The van der Waals surface area contributed by atoms with E-state index in [1.54, 1.807) is 11.0 Å². The van der Waals surface area contributed by atoms with Crippen LogP contribution in [0.4, 0.5) is 4.79 Å². The van der Waals surface area contributed by atoms with Gasteiger partial charge in [0.15, 0.2) is 8.32 Å². The maximum absolute atomic E-state index is 12.5. The number of carbonyl (C=O) groups is 1. The highest BCUT2D eigenvalue weighted by atomic mass is 32.2. The molecule has 1 aliphatic rings. The minimum Gasteiger partial charge on any atom is -0.445 e. The van der Waals surface area contributed by atoms with Gasteiger partial charge in [0.25, 0.3) is 0 Å². The summed E-state index contributed by atoms with van der Waals surface area (Å²) in [6, 6.07) is -0.187. The van der Waals surface area contributed by atoms with Crippen LogP contribution in [-0.4, -0.2) is 65.8 Å². The molecule has 0 unspecified atom stereocenters. The van der Waals surface area contributed by atoms with Crippen molar-refractivity contribution in [1.82, 2.24) is 9.62 Å². The van der Waals surface area contributed by atoms with Crippen molar-refractivity contribution in [2.75, 3.05) is 26.0 Å². The number of amides is 1. The maximum atomic E-state index is 12.5. The van der Waals surface area contributed by atoms with E-state index in [1.807, 2.05) is 6.92 Å². The van der Waals surface area contributed by atoms with Crippen molar-refractivity contribution in [3.8, 4) is 0 Å². The number of ether oxygens (including phenoxy) is 1. The van der Waals surface area contributed by atoms with Gasteiger partial charge in [0.2, 0.25) is 10.0 Å². The molecule has 162 valence electrons. The lowest BCUT2D eigenvalue weighted by molar-refractivity contribution is 0.107. The topological polar surface area (TPSA) is 84.9 Å². The van der Waals surface area contributed by atoms with Crippen molar-refractivity contribution in [3.63, 3.8) is 0 Å². The first-order chi connectivity index (χ1) is 12.7. The molecule has 1 N–H and O–H groups in total. The zero-order chi connectivity index (χ0) is 21.8. The van der Waals surface area contributed by atoms with Crippen LogP contribution in [0.2, 0.25) is 18.1 Å². The summed E-state index contributed by atoms with van der Waals surface area (Å²) in [6.07, 6.45) is 4.63. The average Bonchev–Trinajstić information content (AvgIpc) is 2.93. The summed E-state index contributed by atoms with van der Waals surface area (Å²) in [4.78, 5) is 14.2. The van der Waals surface area contributed by atoms with Gasteiger partial charge < -0.3 is 9.16 Å². The first-order valence-electron chi connectivity index (χ1n) is 9.51. The monoisotopic (exact) mass is 432 g/mol. The predicted molar refractivity (Wildman–Crippen MR) is 115 cm³/mol. The van der Waals surface area contributed by atoms with Gasteiger partial charge in [0.1, 0.15) is 6.61 Å². The highest BCUT2D eigenvalue weighted by Gasteiger charge is 2.44. The quantitative estimate of drug-likeness (QED) is 0.470. The Bertz CT molecular complexity index is 698. The van der Waals surface area contributed by atoms with Crippen LogP contribution >= 0.6 is 0 Å². The molecule has 0 radical (unpaired) electrons. The lowest BCUT2D eigenvalue weighted by Gasteiger charge is -2.38. The van der Waals surface area contributed by atoms with Gasteiger partial charge >= 0.3 is 6.09 Å². The molecule has 2 atom stereocenters. The average molecular weight is 433 g/mol. The van der Waals surface area contributed by atoms with Crippen LogP contribution in [0.1, 0.15) is 34.1 Å². The standard InChI is InChI=1S/C19H36N2O5SSi/c1-9-12-25-18(22)21-14-16(26-28(7,8)19(3,4)5)13-17(21)15(2)10-11-20-27(6,23)24/h9-10,16-17,20H,1,11-14H2,2-8H3/b15-10+/t16-,17+/m1/s1. The molecule has 28 heavy (non-hydrogen) atoms. The summed E-state index contributed by atoms with van der Waals surface area (Å²) < 4.78 is 36.8. The summed E-state index contributed by atoms with van der Waals surface area (Å²) in [5.74, 6) is 0. The maximum Gasteiger partial charge on any atom is 0.410 e. The normalized spacial score (nSPS) is 21.7. The minimum atomic E-state index is -3.27. The van der Waals surface area contributed by atoms with E-state index in [4.69, 9.17) is 9.16 Å². The van der Waals surface area contributed by atoms with Gasteiger partial charge in [-0.15, -0.1) is 0 Å². The van der Waals surface area contributed by atoms with Crippen LogP contribution in [-0.2, 0) is 19.2 Å². The van der Waals surface area contributed by atoms with E-state index in [-0.39, 0.29) is 30.3 Å². The van der Waals surface area contributed by atoms with Gasteiger partial charge in [-0.3, -0.25) is 4.90 Å². The number of hydrogen-bond acceptors (Lipinski definition) is 5. The summed E-state index contributed by atoms with van der Waals surface area (Å²) in [5, 5.41) is 0.0730. The van der Waals surface area contributed by atoms with Crippen molar-refractivity contribution in [1.29, 1.82) is 0 Å². The number of carbonyl (C=O) groups excluding carboxylic acids is 1. The lowest BCUT2D eigenvalue weighted by Crippen LogP contribution is -2.44. The first-order valence-corrected chi connectivity index (χ1v) is 14.3. The van der Waals surface area contributed by atoms with E-state index in [0.717, 1.165) is 11.8 Å². The first kappa shape index (κ1) is 24.9. The Morgan fingerprint density at radius 3 is 2.46 bits per heavy atom. The van der Waals surface area contributed by atoms with Crippen LogP contribution in [0.3, 0.4) is 0 Å². The highest BCUT2D eigenvalue weighted by molar-refractivity contribution is 7.88. The van der Waals surface area contributed by atoms with Crippen LogP contribution in [0.15, 0.2) is 24.3 Å². The fourth-order valence-corrected chi connectivity index (χ4v) is 4.56. The molecule has 0 saturated carbocycles. The van der Waals surface area contributed by atoms with Crippen molar-refractivity contribution in [2.24, 2.45) is 0 Å². The van der Waals surface area contributed by atoms with Gasteiger partial charge in [-0.2, -0.15) is 0 Å². The molecule has 7 nitrogen and oxygen atoms in total. The summed E-state index contributed by atoms with van der Waals surface area (Å²) in [7, 11) is -5.25. The largest absolute Gasteiger partial charge is 0.445 e. The molecule has 1 saturated heterocycles. The Hall–Kier alpha value is -1.16. The molecular formula is C19H36N2O5SSi. The SMILES string of the molecule is C=CCOC(=O)N1C[C@H](O[Si](C)(C)C(C)(C)C)C[C@H]1/C(C)=C/CNS(C)(=O)=O. The number of rotatable bonds is 8. The summed E-state index contributed by atoms with van der Waals surface area (Å²) in [5.41, 5.74) is 0.910. The summed E-state index contributed by atoms with van der Waals surface area (Å²) >= 11 is 0. The number of hydrogen-bond donors (Lipinski definition) is 1. The van der Waals surface area contributed by atoms with Crippen LogP contribution in [0.25, 0.3) is 0 Å². The second-order valence-electron chi connectivity index (χ2n) is 8.84. The van der Waals surface area contributed by atoms with Gasteiger partial charge in [-0.1, -0.05) is 45.1 Å².